The highest BCUT2D eigenvalue weighted by Gasteiger charge is 2.03. The number of H-pyrrole nitrogens is 1. The zero-order chi connectivity index (χ0) is 11.4. The van der Waals surface area contributed by atoms with Crippen LogP contribution in [-0.4, -0.2) is 16.0 Å². The number of benzene rings is 1. The van der Waals surface area contributed by atoms with Crippen molar-refractivity contribution in [1.82, 2.24) is 9.97 Å². The molecule has 2 aromatic rings. The third kappa shape index (κ3) is 3.58. The van der Waals surface area contributed by atoms with E-state index in [1.54, 1.807) is 6.33 Å². The van der Waals surface area contributed by atoms with Crippen LogP contribution in [0.5, 0.6) is 0 Å². The first-order valence-corrected chi connectivity index (χ1v) is 5.63. The van der Waals surface area contributed by atoms with Gasteiger partial charge in [0.2, 0.25) is 0 Å². The molecule has 0 bridgehead atoms. The van der Waals surface area contributed by atoms with Crippen molar-refractivity contribution in [2.75, 3.05) is 0 Å². The Kier molecular flexibility index (Phi) is 5.19. The molecule has 0 saturated heterocycles. The molecular weight excluding hydrogens is 234 g/mol. The predicted molar refractivity (Wildman–Crippen MR) is 73.2 cm³/mol. The molecule has 0 spiro atoms. The largest absolute Gasteiger partial charge is 0.345 e. The van der Waals surface area contributed by atoms with Crippen molar-refractivity contribution in [3.63, 3.8) is 0 Å². The fourth-order valence-corrected chi connectivity index (χ4v) is 1.73. The summed E-state index contributed by atoms with van der Waals surface area (Å²) in [4.78, 5) is 7.13. The minimum atomic E-state index is 0. The summed E-state index contributed by atoms with van der Waals surface area (Å²) < 4.78 is 0. The number of nitrogens with one attached hydrogen (secondary N) is 1. The van der Waals surface area contributed by atoms with E-state index in [9.17, 15) is 0 Å². The molecule has 2 rings (SSSR count). The van der Waals surface area contributed by atoms with Gasteiger partial charge in [-0.15, -0.1) is 12.4 Å². The summed E-state index contributed by atoms with van der Waals surface area (Å²) in [7, 11) is 0. The smallest absolute Gasteiger partial charge is 0.0924 e. The number of hydrogen-bond acceptors (Lipinski definition) is 2. The summed E-state index contributed by atoms with van der Waals surface area (Å²) in [6.07, 6.45) is 5.46. The Bertz CT molecular complexity index is 440. The quantitative estimate of drug-likeness (QED) is 0.878. The highest BCUT2D eigenvalue weighted by Crippen LogP contribution is 2.18. The van der Waals surface area contributed by atoms with Crippen LogP contribution in [0.1, 0.15) is 18.9 Å². The lowest BCUT2D eigenvalue weighted by atomic mass is 10.0. The fourth-order valence-electron chi connectivity index (χ4n) is 1.73. The van der Waals surface area contributed by atoms with E-state index in [1.807, 2.05) is 6.20 Å². The van der Waals surface area contributed by atoms with Gasteiger partial charge >= 0.3 is 0 Å². The normalized spacial score (nSPS) is 11.9. The molecule has 0 amide bonds. The van der Waals surface area contributed by atoms with Gasteiger partial charge in [-0.25, -0.2) is 4.98 Å². The van der Waals surface area contributed by atoms with Gasteiger partial charge in [0, 0.05) is 6.04 Å². The maximum Gasteiger partial charge on any atom is 0.0924 e. The van der Waals surface area contributed by atoms with E-state index in [4.69, 9.17) is 5.73 Å². The van der Waals surface area contributed by atoms with Crippen molar-refractivity contribution >= 4 is 12.4 Å². The second kappa shape index (κ2) is 6.42. The first-order valence-electron chi connectivity index (χ1n) is 5.63. The van der Waals surface area contributed by atoms with Crippen molar-refractivity contribution in [2.24, 2.45) is 5.73 Å². The van der Waals surface area contributed by atoms with E-state index in [0.717, 1.165) is 18.5 Å². The maximum absolute atomic E-state index is 5.95. The molecule has 1 heterocycles. The van der Waals surface area contributed by atoms with Crippen LogP contribution in [0.4, 0.5) is 0 Å². The zero-order valence-electron chi connectivity index (χ0n) is 9.89. The first-order chi connectivity index (χ1) is 7.79. The van der Waals surface area contributed by atoms with Gasteiger partial charge in [0.15, 0.2) is 0 Å². The second-order valence-corrected chi connectivity index (χ2v) is 4.04. The SMILES string of the molecule is CCC(N)Cc1cccc(-c2cnc[nH]2)c1.Cl. The molecule has 3 nitrogen and oxygen atoms in total. The number of aromatic nitrogens is 2. The van der Waals surface area contributed by atoms with Crippen LogP contribution in [0, 0.1) is 0 Å². The summed E-state index contributed by atoms with van der Waals surface area (Å²) in [6, 6.07) is 8.68. The van der Waals surface area contributed by atoms with Crippen LogP contribution in [0.2, 0.25) is 0 Å². The number of hydrogen-bond donors (Lipinski definition) is 2. The summed E-state index contributed by atoms with van der Waals surface area (Å²) in [5, 5.41) is 0. The van der Waals surface area contributed by atoms with Crippen molar-refractivity contribution in [2.45, 2.75) is 25.8 Å². The molecule has 1 aromatic heterocycles. The topological polar surface area (TPSA) is 54.7 Å². The minimum absolute atomic E-state index is 0. The molecule has 1 unspecified atom stereocenters. The van der Waals surface area contributed by atoms with Gasteiger partial charge < -0.3 is 10.7 Å². The molecular formula is C13H18ClN3. The third-order valence-corrected chi connectivity index (χ3v) is 2.76. The van der Waals surface area contributed by atoms with E-state index in [1.165, 1.54) is 11.1 Å². The van der Waals surface area contributed by atoms with Gasteiger partial charge in [-0.3, -0.25) is 0 Å². The molecule has 0 fully saturated rings. The lowest BCUT2D eigenvalue weighted by Crippen LogP contribution is -2.21. The molecule has 92 valence electrons. The fraction of sp³-hybridized carbons (Fsp3) is 0.308. The van der Waals surface area contributed by atoms with E-state index in [0.29, 0.717) is 0 Å². The van der Waals surface area contributed by atoms with Gasteiger partial charge in [0.1, 0.15) is 0 Å². The average molecular weight is 252 g/mol. The molecule has 17 heavy (non-hydrogen) atoms. The average Bonchev–Trinajstić information content (AvgIpc) is 2.83. The zero-order valence-corrected chi connectivity index (χ0v) is 10.7. The van der Waals surface area contributed by atoms with Crippen LogP contribution in [0.15, 0.2) is 36.8 Å². The lowest BCUT2D eigenvalue weighted by Gasteiger charge is -2.09. The van der Waals surface area contributed by atoms with Gasteiger partial charge in [0.05, 0.1) is 18.2 Å². The number of nitrogens with two attached hydrogens (primary N) is 1. The van der Waals surface area contributed by atoms with Crippen molar-refractivity contribution < 1.29 is 0 Å². The van der Waals surface area contributed by atoms with Crippen LogP contribution >= 0.6 is 12.4 Å². The molecule has 0 aliphatic carbocycles. The van der Waals surface area contributed by atoms with Gasteiger partial charge in [-0.1, -0.05) is 25.1 Å². The molecule has 0 aliphatic heterocycles. The third-order valence-electron chi connectivity index (χ3n) is 2.76. The molecule has 1 aromatic carbocycles. The Hall–Kier alpha value is -1.32. The number of nitrogens with zero attached hydrogens (tertiary/aromatic N) is 1. The van der Waals surface area contributed by atoms with E-state index in [-0.39, 0.29) is 18.4 Å². The molecule has 4 heteroatoms. The number of aromatic amines is 1. The van der Waals surface area contributed by atoms with E-state index >= 15 is 0 Å². The van der Waals surface area contributed by atoms with Gasteiger partial charge in [-0.2, -0.15) is 0 Å². The highest BCUT2D eigenvalue weighted by molar-refractivity contribution is 5.85. The van der Waals surface area contributed by atoms with Crippen molar-refractivity contribution in [3.8, 4) is 11.3 Å². The second-order valence-electron chi connectivity index (χ2n) is 4.04. The standard InChI is InChI=1S/C13H17N3.ClH/c1-2-12(14)7-10-4-3-5-11(6-10)13-8-15-9-16-13;/h3-6,8-9,12H,2,7,14H2,1H3,(H,15,16);1H. The Labute approximate surface area is 108 Å². The lowest BCUT2D eigenvalue weighted by molar-refractivity contribution is 0.646. The van der Waals surface area contributed by atoms with Crippen LogP contribution in [0.3, 0.4) is 0 Å². The van der Waals surface area contributed by atoms with Crippen molar-refractivity contribution in [3.05, 3.63) is 42.4 Å². The highest BCUT2D eigenvalue weighted by atomic mass is 35.5. The molecule has 3 N–H and O–H groups in total. The summed E-state index contributed by atoms with van der Waals surface area (Å²) in [5.41, 5.74) is 9.45. The Balaban J connectivity index is 0.00000144. The van der Waals surface area contributed by atoms with E-state index in [2.05, 4.69) is 41.2 Å². The summed E-state index contributed by atoms with van der Waals surface area (Å²) in [5.74, 6) is 0. The molecule has 1 atom stereocenters. The van der Waals surface area contributed by atoms with Crippen molar-refractivity contribution in [1.29, 1.82) is 0 Å². The summed E-state index contributed by atoms with van der Waals surface area (Å²) >= 11 is 0. The first kappa shape index (κ1) is 13.7. The summed E-state index contributed by atoms with van der Waals surface area (Å²) in [6.45, 7) is 2.11. The number of rotatable bonds is 4. The van der Waals surface area contributed by atoms with Gasteiger partial charge in [0.25, 0.3) is 0 Å². The van der Waals surface area contributed by atoms with Crippen LogP contribution in [-0.2, 0) is 6.42 Å². The predicted octanol–water partition coefficient (Wildman–Crippen LogP) is 2.78. The Morgan fingerprint density at radius 1 is 1.41 bits per heavy atom. The van der Waals surface area contributed by atoms with Crippen LogP contribution in [0.25, 0.3) is 11.3 Å². The van der Waals surface area contributed by atoms with Crippen LogP contribution < -0.4 is 5.73 Å². The Morgan fingerprint density at radius 2 is 2.24 bits per heavy atom. The van der Waals surface area contributed by atoms with Gasteiger partial charge in [-0.05, 0) is 30.0 Å². The molecule has 0 saturated carbocycles. The minimum Gasteiger partial charge on any atom is -0.345 e. The Morgan fingerprint density at radius 3 is 2.88 bits per heavy atom. The molecule has 0 aliphatic rings. The van der Waals surface area contributed by atoms with E-state index < -0.39 is 0 Å². The number of imidazole rings is 1. The number of halogens is 1. The molecule has 0 radical (unpaired) electrons. The maximum atomic E-state index is 5.95. The monoisotopic (exact) mass is 251 g/mol.